The predicted molar refractivity (Wildman–Crippen MR) is 64.7 cm³/mol. The molecule has 1 aromatic heterocycles. The first-order chi connectivity index (χ1) is 9.79. The number of aromatic nitrogens is 1. The summed E-state index contributed by atoms with van der Waals surface area (Å²) in [5.74, 6) is -0.457. The van der Waals surface area contributed by atoms with Crippen LogP contribution < -0.4 is 0 Å². The van der Waals surface area contributed by atoms with Crippen molar-refractivity contribution in [2.24, 2.45) is 0 Å². The van der Waals surface area contributed by atoms with Gasteiger partial charge < -0.3 is 14.9 Å². The van der Waals surface area contributed by atoms with Crippen molar-refractivity contribution in [1.29, 1.82) is 0 Å². The van der Waals surface area contributed by atoms with E-state index in [-0.39, 0.29) is 31.7 Å². The minimum Gasteiger partial charge on any atom is -0.465 e. The van der Waals surface area contributed by atoms with Crippen LogP contribution in [-0.2, 0) is 6.18 Å². The Hall–Kier alpha value is -2.32. The largest absolute Gasteiger partial charge is 0.465 e. The fraction of sp³-hybridized carbons (Fsp3) is 0.417. The molecule has 2 heterocycles. The third kappa shape index (κ3) is 3.41. The molecule has 2 amide bonds. The lowest BCUT2D eigenvalue weighted by atomic mass is 10.2. The Morgan fingerprint density at radius 3 is 2.10 bits per heavy atom. The first kappa shape index (κ1) is 15.1. The van der Waals surface area contributed by atoms with E-state index in [1.54, 1.807) is 0 Å². The van der Waals surface area contributed by atoms with Gasteiger partial charge >= 0.3 is 12.3 Å². The number of carboxylic acid groups (broad SMARTS) is 1. The number of carbonyl (C=O) groups excluding carboxylic acids is 1. The number of alkyl halides is 3. The van der Waals surface area contributed by atoms with Crippen LogP contribution in [0.5, 0.6) is 0 Å². The Morgan fingerprint density at radius 1 is 1.10 bits per heavy atom. The van der Waals surface area contributed by atoms with Crippen molar-refractivity contribution in [3.63, 3.8) is 0 Å². The van der Waals surface area contributed by atoms with E-state index in [4.69, 9.17) is 5.11 Å². The van der Waals surface area contributed by atoms with Gasteiger partial charge in [0.15, 0.2) is 0 Å². The van der Waals surface area contributed by atoms with E-state index in [9.17, 15) is 22.8 Å². The summed E-state index contributed by atoms with van der Waals surface area (Å²) >= 11 is 0. The third-order valence-corrected chi connectivity index (χ3v) is 3.14. The van der Waals surface area contributed by atoms with Crippen molar-refractivity contribution in [3.8, 4) is 0 Å². The van der Waals surface area contributed by atoms with Crippen LogP contribution in [0.15, 0.2) is 18.3 Å². The molecule has 1 aliphatic rings. The molecule has 0 aromatic carbocycles. The van der Waals surface area contributed by atoms with E-state index in [0.29, 0.717) is 0 Å². The van der Waals surface area contributed by atoms with Crippen LogP contribution in [0.4, 0.5) is 18.0 Å². The van der Waals surface area contributed by atoms with E-state index in [2.05, 4.69) is 4.98 Å². The number of rotatable bonds is 1. The minimum absolute atomic E-state index is 0.0479. The molecule has 1 N–H and O–H groups in total. The van der Waals surface area contributed by atoms with Crippen LogP contribution in [0.1, 0.15) is 16.1 Å². The highest BCUT2D eigenvalue weighted by molar-refractivity contribution is 5.94. The monoisotopic (exact) mass is 303 g/mol. The lowest BCUT2D eigenvalue weighted by Crippen LogP contribution is -2.50. The summed E-state index contributed by atoms with van der Waals surface area (Å²) in [6, 6.07) is 1.82. The van der Waals surface area contributed by atoms with Crippen LogP contribution in [-0.4, -0.2) is 58.1 Å². The first-order valence-corrected chi connectivity index (χ1v) is 6.09. The third-order valence-electron chi connectivity index (χ3n) is 3.14. The van der Waals surface area contributed by atoms with Gasteiger partial charge in [-0.25, -0.2) is 4.79 Å². The standard InChI is InChI=1S/C12H12F3N3O3/c13-12(14,15)9-2-1-8(7-16-9)10(19)17-3-5-18(6-4-17)11(20)21/h1-2,7H,3-6H2,(H,20,21). The zero-order valence-electron chi connectivity index (χ0n) is 10.8. The molecular formula is C12H12F3N3O3. The average molecular weight is 303 g/mol. The average Bonchev–Trinajstić information content (AvgIpc) is 2.46. The Balaban J connectivity index is 2.03. The predicted octanol–water partition coefficient (Wildman–Crippen LogP) is 1.54. The molecule has 0 aliphatic carbocycles. The molecule has 1 fully saturated rings. The number of pyridine rings is 1. The molecule has 21 heavy (non-hydrogen) atoms. The normalized spacial score (nSPS) is 16.0. The van der Waals surface area contributed by atoms with E-state index in [1.807, 2.05) is 0 Å². The molecule has 2 rings (SSSR count). The summed E-state index contributed by atoms with van der Waals surface area (Å²) in [4.78, 5) is 28.6. The lowest BCUT2D eigenvalue weighted by Gasteiger charge is -2.33. The Kier molecular flexibility index (Phi) is 4.01. The second-order valence-corrected chi connectivity index (χ2v) is 4.49. The highest BCUT2D eigenvalue weighted by atomic mass is 19.4. The zero-order valence-corrected chi connectivity index (χ0v) is 10.8. The highest BCUT2D eigenvalue weighted by Gasteiger charge is 2.32. The van der Waals surface area contributed by atoms with Gasteiger partial charge in [0.2, 0.25) is 0 Å². The van der Waals surface area contributed by atoms with E-state index in [0.717, 1.165) is 18.3 Å². The molecule has 1 aromatic rings. The van der Waals surface area contributed by atoms with Gasteiger partial charge in [0, 0.05) is 32.4 Å². The van der Waals surface area contributed by atoms with Gasteiger partial charge in [0.05, 0.1) is 5.56 Å². The Labute approximate surface area is 117 Å². The summed E-state index contributed by atoms with van der Waals surface area (Å²) < 4.78 is 37.1. The number of carbonyl (C=O) groups is 2. The number of halogens is 3. The van der Waals surface area contributed by atoms with Gasteiger partial charge in [-0.1, -0.05) is 0 Å². The lowest BCUT2D eigenvalue weighted by molar-refractivity contribution is -0.141. The first-order valence-electron chi connectivity index (χ1n) is 6.09. The number of hydrogen-bond acceptors (Lipinski definition) is 3. The molecule has 0 unspecified atom stereocenters. The van der Waals surface area contributed by atoms with Crippen LogP contribution in [0, 0.1) is 0 Å². The smallest absolute Gasteiger partial charge is 0.433 e. The van der Waals surface area contributed by atoms with E-state index in [1.165, 1.54) is 9.80 Å². The molecule has 114 valence electrons. The van der Waals surface area contributed by atoms with E-state index < -0.39 is 23.9 Å². The Bertz CT molecular complexity index is 537. The highest BCUT2D eigenvalue weighted by Crippen LogP contribution is 2.27. The quantitative estimate of drug-likeness (QED) is 0.854. The summed E-state index contributed by atoms with van der Waals surface area (Å²) in [5, 5.41) is 8.79. The maximum Gasteiger partial charge on any atom is 0.433 e. The molecule has 0 spiro atoms. The number of piperazine rings is 1. The SMILES string of the molecule is O=C(O)N1CCN(C(=O)c2ccc(C(F)(F)F)nc2)CC1. The van der Waals surface area contributed by atoms with Crippen molar-refractivity contribution in [3.05, 3.63) is 29.6 Å². The summed E-state index contributed by atoms with van der Waals surface area (Å²) in [6.45, 7) is 0.753. The molecule has 1 aliphatic heterocycles. The van der Waals surface area contributed by atoms with E-state index >= 15 is 0 Å². The second-order valence-electron chi connectivity index (χ2n) is 4.49. The molecule has 0 atom stereocenters. The number of nitrogens with zero attached hydrogens (tertiary/aromatic N) is 3. The van der Waals surface area contributed by atoms with Crippen molar-refractivity contribution in [2.45, 2.75) is 6.18 Å². The van der Waals surface area contributed by atoms with Crippen molar-refractivity contribution in [1.82, 2.24) is 14.8 Å². The molecule has 0 saturated carbocycles. The van der Waals surface area contributed by atoms with Crippen LogP contribution in [0.25, 0.3) is 0 Å². The molecule has 6 nitrogen and oxygen atoms in total. The zero-order chi connectivity index (χ0) is 15.6. The second kappa shape index (κ2) is 5.58. The van der Waals surface area contributed by atoms with Gasteiger partial charge in [-0.2, -0.15) is 13.2 Å². The van der Waals surface area contributed by atoms with Gasteiger partial charge in [-0.15, -0.1) is 0 Å². The van der Waals surface area contributed by atoms with Crippen LogP contribution in [0.3, 0.4) is 0 Å². The van der Waals surface area contributed by atoms with Crippen molar-refractivity contribution in [2.75, 3.05) is 26.2 Å². The van der Waals surface area contributed by atoms with Gasteiger partial charge in [-0.3, -0.25) is 9.78 Å². The van der Waals surface area contributed by atoms with Gasteiger partial charge in [0.1, 0.15) is 5.69 Å². The molecular weight excluding hydrogens is 291 g/mol. The fourth-order valence-electron chi connectivity index (χ4n) is 1.97. The Morgan fingerprint density at radius 2 is 1.67 bits per heavy atom. The van der Waals surface area contributed by atoms with Crippen LogP contribution >= 0.6 is 0 Å². The van der Waals surface area contributed by atoms with Crippen LogP contribution in [0.2, 0.25) is 0 Å². The van der Waals surface area contributed by atoms with Gasteiger partial charge in [0.25, 0.3) is 5.91 Å². The maximum atomic E-state index is 12.4. The number of amides is 2. The van der Waals surface area contributed by atoms with Crippen molar-refractivity contribution < 1.29 is 27.9 Å². The van der Waals surface area contributed by atoms with Gasteiger partial charge in [-0.05, 0) is 12.1 Å². The summed E-state index contributed by atoms with van der Waals surface area (Å²) in [6.07, 6.45) is -4.72. The summed E-state index contributed by atoms with van der Waals surface area (Å²) in [5.41, 5.74) is -1.01. The molecule has 9 heteroatoms. The topological polar surface area (TPSA) is 73.7 Å². The molecule has 0 bridgehead atoms. The summed E-state index contributed by atoms with van der Waals surface area (Å²) in [7, 11) is 0. The fourth-order valence-corrected chi connectivity index (χ4v) is 1.97. The minimum atomic E-state index is -4.55. The maximum absolute atomic E-state index is 12.4. The molecule has 0 radical (unpaired) electrons. The van der Waals surface area contributed by atoms with Crippen molar-refractivity contribution >= 4 is 12.0 Å². The molecule has 1 saturated heterocycles. The number of hydrogen-bond donors (Lipinski definition) is 1.